The van der Waals surface area contributed by atoms with Crippen LogP contribution in [0.2, 0.25) is 4.34 Å². The first-order valence-corrected chi connectivity index (χ1v) is 9.29. The van der Waals surface area contributed by atoms with Gasteiger partial charge in [-0.2, -0.15) is 0 Å². The Morgan fingerprint density at radius 3 is 2.68 bits per heavy atom. The Bertz CT molecular complexity index is 542. The van der Waals surface area contributed by atoms with Crippen LogP contribution in [0.4, 0.5) is 0 Å². The summed E-state index contributed by atoms with van der Waals surface area (Å²) in [6.45, 7) is 4.43. The van der Waals surface area contributed by atoms with Crippen LogP contribution >= 0.6 is 22.9 Å². The molecule has 1 aromatic rings. The quantitative estimate of drug-likeness (QED) is 0.923. The maximum absolute atomic E-state index is 11.7. The Kier molecular flexibility index (Phi) is 4.57. The summed E-state index contributed by atoms with van der Waals surface area (Å²) in [6, 6.07) is 3.79. The van der Waals surface area contributed by atoms with Gasteiger partial charge in [0.15, 0.2) is 9.84 Å². The molecular formula is C12H19ClN2O2S2. The molecule has 2 N–H and O–H groups in total. The standard InChI is InChI=1S/C12H19ClN2O2S2/c1-8-7-19(16,17)6-5-15(8)12(9(2)14)10-3-4-11(13)18-10/h3-4,8-9,12H,5-7,14H2,1-2H3. The summed E-state index contributed by atoms with van der Waals surface area (Å²) in [5.41, 5.74) is 6.11. The number of nitrogens with two attached hydrogens (primary N) is 1. The molecule has 0 aromatic carbocycles. The van der Waals surface area contributed by atoms with E-state index in [0.717, 1.165) is 9.21 Å². The highest BCUT2D eigenvalue weighted by atomic mass is 35.5. The van der Waals surface area contributed by atoms with Crippen LogP contribution in [-0.2, 0) is 9.84 Å². The second-order valence-electron chi connectivity index (χ2n) is 5.15. The van der Waals surface area contributed by atoms with Crippen LogP contribution in [0.25, 0.3) is 0 Å². The number of sulfone groups is 1. The van der Waals surface area contributed by atoms with Crippen molar-refractivity contribution in [2.75, 3.05) is 18.1 Å². The smallest absolute Gasteiger partial charge is 0.153 e. The third-order valence-electron chi connectivity index (χ3n) is 3.46. The molecule has 1 saturated heterocycles. The van der Waals surface area contributed by atoms with Crippen LogP contribution in [0, 0.1) is 0 Å². The Balaban J connectivity index is 2.26. The third kappa shape index (κ3) is 3.49. The molecule has 19 heavy (non-hydrogen) atoms. The van der Waals surface area contributed by atoms with Crippen molar-refractivity contribution in [3.8, 4) is 0 Å². The van der Waals surface area contributed by atoms with E-state index in [2.05, 4.69) is 4.90 Å². The number of thiophene rings is 1. The lowest BCUT2D eigenvalue weighted by Crippen LogP contribution is -2.51. The minimum Gasteiger partial charge on any atom is -0.326 e. The van der Waals surface area contributed by atoms with Gasteiger partial charge in [0.05, 0.1) is 21.9 Å². The van der Waals surface area contributed by atoms with Gasteiger partial charge in [0.25, 0.3) is 0 Å². The molecular weight excluding hydrogens is 304 g/mol. The van der Waals surface area contributed by atoms with Gasteiger partial charge in [-0.3, -0.25) is 4.90 Å². The molecule has 2 heterocycles. The van der Waals surface area contributed by atoms with Gasteiger partial charge >= 0.3 is 0 Å². The Hall–Kier alpha value is -0.140. The predicted molar refractivity (Wildman–Crippen MR) is 80.5 cm³/mol. The molecule has 0 aliphatic carbocycles. The highest BCUT2D eigenvalue weighted by Gasteiger charge is 2.35. The first-order valence-electron chi connectivity index (χ1n) is 6.27. The van der Waals surface area contributed by atoms with Gasteiger partial charge in [0.1, 0.15) is 0 Å². The molecule has 108 valence electrons. The molecule has 4 nitrogen and oxygen atoms in total. The van der Waals surface area contributed by atoms with Crippen molar-refractivity contribution in [2.24, 2.45) is 5.73 Å². The molecule has 0 radical (unpaired) electrons. The lowest BCUT2D eigenvalue weighted by atomic mass is 10.1. The monoisotopic (exact) mass is 322 g/mol. The zero-order valence-electron chi connectivity index (χ0n) is 11.0. The Morgan fingerprint density at radius 2 is 2.21 bits per heavy atom. The zero-order valence-corrected chi connectivity index (χ0v) is 13.4. The lowest BCUT2D eigenvalue weighted by Gasteiger charge is -2.40. The highest BCUT2D eigenvalue weighted by molar-refractivity contribution is 7.91. The van der Waals surface area contributed by atoms with Crippen LogP contribution in [-0.4, -0.2) is 43.5 Å². The van der Waals surface area contributed by atoms with E-state index in [1.807, 2.05) is 26.0 Å². The summed E-state index contributed by atoms with van der Waals surface area (Å²) < 4.78 is 24.1. The molecule has 1 aromatic heterocycles. The average Bonchev–Trinajstić information content (AvgIpc) is 2.67. The van der Waals surface area contributed by atoms with Gasteiger partial charge in [-0.15, -0.1) is 11.3 Å². The van der Waals surface area contributed by atoms with Gasteiger partial charge in [-0.05, 0) is 26.0 Å². The molecule has 0 spiro atoms. The topological polar surface area (TPSA) is 63.4 Å². The largest absolute Gasteiger partial charge is 0.326 e. The summed E-state index contributed by atoms with van der Waals surface area (Å²) in [5.74, 6) is 0.412. The van der Waals surface area contributed by atoms with E-state index in [9.17, 15) is 8.42 Å². The van der Waals surface area contributed by atoms with Crippen molar-refractivity contribution in [3.63, 3.8) is 0 Å². The summed E-state index contributed by atoms with van der Waals surface area (Å²) in [4.78, 5) is 3.29. The molecule has 3 unspecified atom stereocenters. The van der Waals surface area contributed by atoms with E-state index < -0.39 is 9.84 Å². The fourth-order valence-electron chi connectivity index (χ4n) is 2.64. The van der Waals surface area contributed by atoms with Gasteiger partial charge < -0.3 is 5.73 Å². The van der Waals surface area contributed by atoms with Crippen LogP contribution < -0.4 is 5.73 Å². The molecule has 3 atom stereocenters. The Morgan fingerprint density at radius 1 is 1.53 bits per heavy atom. The van der Waals surface area contributed by atoms with Crippen molar-refractivity contribution < 1.29 is 8.42 Å². The predicted octanol–water partition coefficient (Wildman–Crippen LogP) is 1.91. The highest BCUT2D eigenvalue weighted by Crippen LogP contribution is 2.34. The van der Waals surface area contributed by atoms with E-state index in [1.54, 1.807) is 0 Å². The van der Waals surface area contributed by atoms with E-state index in [1.165, 1.54) is 11.3 Å². The Labute approximate surface area is 123 Å². The second-order valence-corrected chi connectivity index (χ2v) is 9.12. The molecule has 2 rings (SSSR count). The zero-order chi connectivity index (χ0) is 14.2. The molecule has 0 amide bonds. The van der Waals surface area contributed by atoms with E-state index in [0.29, 0.717) is 6.54 Å². The number of rotatable bonds is 3. The van der Waals surface area contributed by atoms with E-state index in [4.69, 9.17) is 17.3 Å². The van der Waals surface area contributed by atoms with Gasteiger partial charge in [0, 0.05) is 23.5 Å². The molecule has 0 bridgehead atoms. The summed E-state index contributed by atoms with van der Waals surface area (Å²) in [5, 5.41) is 0. The number of nitrogens with zero attached hydrogens (tertiary/aromatic N) is 1. The van der Waals surface area contributed by atoms with Crippen LogP contribution in [0.1, 0.15) is 24.8 Å². The van der Waals surface area contributed by atoms with Crippen LogP contribution in [0.15, 0.2) is 12.1 Å². The number of hydrogen-bond donors (Lipinski definition) is 1. The fraction of sp³-hybridized carbons (Fsp3) is 0.667. The van der Waals surface area contributed by atoms with Gasteiger partial charge in [0.2, 0.25) is 0 Å². The molecule has 1 aliphatic rings. The molecule has 1 aliphatic heterocycles. The molecule has 7 heteroatoms. The summed E-state index contributed by atoms with van der Waals surface area (Å²) >= 11 is 7.51. The maximum atomic E-state index is 11.7. The third-order valence-corrected chi connectivity index (χ3v) is 6.56. The number of halogens is 1. The first kappa shape index (κ1) is 15.3. The lowest BCUT2D eigenvalue weighted by molar-refractivity contribution is 0.142. The van der Waals surface area contributed by atoms with Gasteiger partial charge in [-0.25, -0.2) is 8.42 Å². The summed E-state index contributed by atoms with van der Waals surface area (Å²) in [6.07, 6.45) is 0. The SMILES string of the molecule is CC(N)C(c1ccc(Cl)s1)N1CCS(=O)(=O)CC1C. The fourth-order valence-corrected chi connectivity index (χ4v) is 5.52. The summed E-state index contributed by atoms with van der Waals surface area (Å²) in [7, 11) is -2.91. The minimum atomic E-state index is -2.91. The van der Waals surface area contributed by atoms with Crippen molar-refractivity contribution >= 4 is 32.8 Å². The number of hydrogen-bond acceptors (Lipinski definition) is 5. The minimum absolute atomic E-state index is 0.0179. The average molecular weight is 323 g/mol. The van der Waals surface area contributed by atoms with Crippen molar-refractivity contribution in [2.45, 2.75) is 32.0 Å². The molecule has 0 saturated carbocycles. The van der Waals surface area contributed by atoms with E-state index in [-0.39, 0.29) is 29.6 Å². The van der Waals surface area contributed by atoms with Crippen LogP contribution in [0.3, 0.4) is 0 Å². The van der Waals surface area contributed by atoms with E-state index >= 15 is 0 Å². The molecule has 1 fully saturated rings. The first-order chi connectivity index (χ1) is 8.80. The normalized spacial score (nSPS) is 27.1. The van der Waals surface area contributed by atoms with Crippen molar-refractivity contribution in [1.29, 1.82) is 0 Å². The second kappa shape index (κ2) is 5.69. The van der Waals surface area contributed by atoms with Crippen molar-refractivity contribution in [3.05, 3.63) is 21.3 Å². The van der Waals surface area contributed by atoms with Gasteiger partial charge in [-0.1, -0.05) is 11.6 Å². The van der Waals surface area contributed by atoms with Crippen LogP contribution in [0.5, 0.6) is 0 Å². The van der Waals surface area contributed by atoms with Crippen molar-refractivity contribution in [1.82, 2.24) is 4.90 Å². The maximum Gasteiger partial charge on any atom is 0.153 e.